The van der Waals surface area contributed by atoms with Gasteiger partial charge in [-0.25, -0.2) is 4.79 Å². The van der Waals surface area contributed by atoms with Crippen LogP contribution in [0.2, 0.25) is 0 Å². The fourth-order valence-corrected chi connectivity index (χ4v) is 5.92. The SMILES string of the molecule is Cc1cccc(C)c1NC(=O)Cn1c(=O)n(Cc2ccc3c(c2)OCO3)c(=O)c2ccc(C(=O)NC3CCCCC3)cc21. The molecule has 1 fully saturated rings. The Morgan fingerprint density at radius 1 is 0.884 bits per heavy atom. The van der Waals surface area contributed by atoms with Gasteiger partial charge >= 0.3 is 5.69 Å². The van der Waals surface area contributed by atoms with Gasteiger partial charge in [0.05, 0.1) is 17.4 Å². The Balaban J connectivity index is 1.40. The number of nitrogens with one attached hydrogen (secondary N) is 2. The van der Waals surface area contributed by atoms with Crippen LogP contribution in [-0.2, 0) is 17.9 Å². The first-order valence-electron chi connectivity index (χ1n) is 14.6. The third-order valence-electron chi connectivity index (χ3n) is 8.25. The smallest absolute Gasteiger partial charge is 0.332 e. The van der Waals surface area contributed by atoms with E-state index >= 15 is 0 Å². The lowest BCUT2D eigenvalue weighted by atomic mass is 9.95. The van der Waals surface area contributed by atoms with Gasteiger partial charge < -0.3 is 20.1 Å². The maximum absolute atomic E-state index is 14.0. The molecule has 43 heavy (non-hydrogen) atoms. The second kappa shape index (κ2) is 11.8. The van der Waals surface area contributed by atoms with Gasteiger partial charge in [-0.15, -0.1) is 0 Å². The van der Waals surface area contributed by atoms with E-state index in [4.69, 9.17) is 9.47 Å². The van der Waals surface area contributed by atoms with Crippen molar-refractivity contribution < 1.29 is 19.1 Å². The van der Waals surface area contributed by atoms with Crippen molar-refractivity contribution in [1.82, 2.24) is 14.5 Å². The topological polar surface area (TPSA) is 121 Å². The zero-order valence-corrected chi connectivity index (χ0v) is 24.3. The molecule has 222 valence electrons. The molecular formula is C33H34N4O6. The summed E-state index contributed by atoms with van der Waals surface area (Å²) in [7, 11) is 0. The van der Waals surface area contributed by atoms with Crippen LogP contribution in [0, 0.1) is 13.8 Å². The highest BCUT2D eigenvalue weighted by Gasteiger charge is 2.21. The van der Waals surface area contributed by atoms with Crippen LogP contribution >= 0.6 is 0 Å². The summed E-state index contributed by atoms with van der Waals surface area (Å²) in [6, 6.07) is 15.7. The standard InChI is InChI=1S/C33H34N4O6/c1-20-7-6-8-21(2)30(20)35-29(38)18-36-26-16-23(31(39)34-24-9-4-3-5-10-24)12-13-25(26)32(40)37(33(36)41)17-22-11-14-27-28(15-22)43-19-42-27/h6-8,11-16,24H,3-5,9-10,17-19H2,1-2H3,(H,34,39)(H,35,38). The molecule has 0 saturated heterocycles. The minimum atomic E-state index is -0.656. The van der Waals surface area contributed by atoms with E-state index in [1.165, 1.54) is 10.6 Å². The van der Waals surface area contributed by atoms with Crippen LogP contribution in [0.4, 0.5) is 5.69 Å². The fraction of sp³-hybridized carbons (Fsp3) is 0.333. The molecule has 1 saturated carbocycles. The molecule has 2 amide bonds. The van der Waals surface area contributed by atoms with Crippen LogP contribution in [-0.4, -0.2) is 33.8 Å². The summed E-state index contributed by atoms with van der Waals surface area (Å²) in [6.07, 6.45) is 5.15. The number of anilines is 1. The van der Waals surface area contributed by atoms with E-state index in [2.05, 4.69) is 10.6 Å². The number of aromatic nitrogens is 2. The van der Waals surface area contributed by atoms with Crippen LogP contribution in [0.5, 0.6) is 11.5 Å². The average Bonchev–Trinajstić information content (AvgIpc) is 3.48. The van der Waals surface area contributed by atoms with Gasteiger partial charge in [0, 0.05) is 17.3 Å². The first-order valence-corrected chi connectivity index (χ1v) is 14.6. The number of hydrogen-bond acceptors (Lipinski definition) is 6. The summed E-state index contributed by atoms with van der Waals surface area (Å²) < 4.78 is 13.2. The molecule has 0 unspecified atom stereocenters. The van der Waals surface area contributed by atoms with Gasteiger partial charge in [0.1, 0.15) is 6.54 Å². The molecule has 2 aliphatic rings. The van der Waals surface area contributed by atoms with E-state index in [0.29, 0.717) is 28.3 Å². The number of rotatable bonds is 7. The summed E-state index contributed by atoms with van der Waals surface area (Å²) in [4.78, 5) is 54.2. The minimum Gasteiger partial charge on any atom is -0.454 e. The van der Waals surface area contributed by atoms with Gasteiger partial charge in [0.2, 0.25) is 12.7 Å². The van der Waals surface area contributed by atoms with Crippen molar-refractivity contribution in [1.29, 1.82) is 0 Å². The number of hydrogen-bond donors (Lipinski definition) is 2. The van der Waals surface area contributed by atoms with Crippen LogP contribution in [0.25, 0.3) is 10.9 Å². The molecule has 1 aliphatic carbocycles. The van der Waals surface area contributed by atoms with E-state index in [0.717, 1.165) is 47.8 Å². The Labute approximate surface area is 248 Å². The maximum Gasteiger partial charge on any atom is 0.332 e. The molecule has 0 atom stereocenters. The van der Waals surface area contributed by atoms with Crippen LogP contribution in [0.3, 0.4) is 0 Å². The second-order valence-electron chi connectivity index (χ2n) is 11.3. The number of ether oxygens (including phenoxy) is 2. The molecule has 1 aliphatic heterocycles. The van der Waals surface area contributed by atoms with Gasteiger partial charge in [-0.05, 0) is 73.7 Å². The van der Waals surface area contributed by atoms with E-state index in [1.807, 2.05) is 32.0 Å². The summed E-state index contributed by atoms with van der Waals surface area (Å²) in [6.45, 7) is 3.51. The van der Waals surface area contributed by atoms with Gasteiger partial charge in [-0.1, -0.05) is 43.5 Å². The molecule has 0 spiro atoms. The largest absolute Gasteiger partial charge is 0.454 e. The monoisotopic (exact) mass is 582 g/mol. The molecule has 10 heteroatoms. The van der Waals surface area contributed by atoms with Crippen molar-refractivity contribution in [2.45, 2.75) is 65.1 Å². The van der Waals surface area contributed by atoms with Crippen LogP contribution in [0.15, 0.2) is 64.2 Å². The second-order valence-corrected chi connectivity index (χ2v) is 11.3. The number of fused-ring (bicyclic) bond motifs is 2. The van der Waals surface area contributed by atoms with Gasteiger partial charge in [0.15, 0.2) is 11.5 Å². The number of amides is 2. The number of aryl methyl sites for hydroxylation is 2. The molecule has 4 aromatic rings. The van der Waals surface area contributed by atoms with Crippen LogP contribution in [0.1, 0.15) is 59.2 Å². The lowest BCUT2D eigenvalue weighted by Gasteiger charge is -2.23. The number of carbonyl (C=O) groups is 2. The third kappa shape index (κ3) is 5.77. The fourth-order valence-electron chi connectivity index (χ4n) is 5.92. The highest BCUT2D eigenvalue weighted by molar-refractivity contribution is 5.98. The zero-order chi connectivity index (χ0) is 30.1. The molecule has 0 bridgehead atoms. The molecule has 10 nitrogen and oxygen atoms in total. The summed E-state index contributed by atoms with van der Waals surface area (Å²) in [5.41, 5.74) is 2.50. The van der Waals surface area contributed by atoms with Crippen LogP contribution < -0.4 is 31.4 Å². The normalized spacial score (nSPS) is 14.6. The lowest BCUT2D eigenvalue weighted by Crippen LogP contribution is -2.42. The predicted molar refractivity (Wildman–Crippen MR) is 163 cm³/mol. The summed E-state index contributed by atoms with van der Waals surface area (Å²) >= 11 is 0. The first-order chi connectivity index (χ1) is 20.8. The summed E-state index contributed by atoms with van der Waals surface area (Å²) in [5, 5.41) is 6.25. The van der Waals surface area contributed by atoms with Crippen molar-refractivity contribution in [3.05, 3.63) is 97.7 Å². The Morgan fingerprint density at radius 3 is 2.40 bits per heavy atom. The van der Waals surface area contributed by atoms with Gasteiger partial charge in [-0.2, -0.15) is 0 Å². The lowest BCUT2D eigenvalue weighted by molar-refractivity contribution is -0.116. The highest BCUT2D eigenvalue weighted by atomic mass is 16.7. The average molecular weight is 583 g/mol. The number of para-hydroxylation sites is 1. The first kappa shape index (κ1) is 28.3. The van der Waals surface area contributed by atoms with Crippen molar-refractivity contribution in [2.24, 2.45) is 0 Å². The molecular weight excluding hydrogens is 548 g/mol. The molecule has 3 aromatic carbocycles. The highest BCUT2D eigenvalue weighted by Crippen LogP contribution is 2.32. The summed E-state index contributed by atoms with van der Waals surface area (Å²) in [5.74, 6) is 0.436. The Morgan fingerprint density at radius 2 is 1.63 bits per heavy atom. The quantitative estimate of drug-likeness (QED) is 0.336. The molecule has 2 heterocycles. The predicted octanol–water partition coefficient (Wildman–Crippen LogP) is 4.26. The Hall–Kier alpha value is -4.86. The van der Waals surface area contributed by atoms with E-state index in [-0.39, 0.29) is 42.7 Å². The zero-order valence-electron chi connectivity index (χ0n) is 24.3. The Bertz CT molecular complexity index is 1830. The molecule has 0 radical (unpaired) electrons. The number of carbonyl (C=O) groups excluding carboxylic acids is 2. The number of benzene rings is 3. The third-order valence-corrected chi connectivity index (χ3v) is 8.25. The number of nitrogens with zero attached hydrogens (tertiary/aromatic N) is 2. The molecule has 6 rings (SSSR count). The molecule has 1 aromatic heterocycles. The van der Waals surface area contributed by atoms with Crippen molar-refractivity contribution in [3.8, 4) is 11.5 Å². The van der Waals surface area contributed by atoms with E-state index in [1.54, 1.807) is 30.3 Å². The van der Waals surface area contributed by atoms with Crippen molar-refractivity contribution >= 4 is 28.4 Å². The Kier molecular flexibility index (Phi) is 7.75. The van der Waals surface area contributed by atoms with Crippen molar-refractivity contribution in [2.75, 3.05) is 12.1 Å². The minimum absolute atomic E-state index is 0.0350. The van der Waals surface area contributed by atoms with Crippen molar-refractivity contribution in [3.63, 3.8) is 0 Å². The maximum atomic E-state index is 14.0. The van der Waals surface area contributed by atoms with E-state index in [9.17, 15) is 19.2 Å². The van der Waals surface area contributed by atoms with Gasteiger partial charge in [0.25, 0.3) is 11.5 Å². The van der Waals surface area contributed by atoms with Gasteiger partial charge in [-0.3, -0.25) is 23.5 Å². The van der Waals surface area contributed by atoms with E-state index < -0.39 is 17.2 Å². The molecule has 2 N–H and O–H groups in total.